The number of Topliss-reactive ketones (excluding diaryl/α,β-unsaturated/α-hetero) is 1. The molecule has 7 heteroatoms. The SMILES string of the molecule is CC(C)C(=O)CNC(=O)c1cc(C(F)(F)F)ccc1Br. The molecule has 0 bridgehead atoms. The molecular formula is C13H13BrF3NO2. The van der Waals surface area contributed by atoms with Gasteiger partial charge in [0.05, 0.1) is 17.7 Å². The summed E-state index contributed by atoms with van der Waals surface area (Å²) >= 11 is 3.02. The Bertz CT molecular complexity index is 527. The summed E-state index contributed by atoms with van der Waals surface area (Å²) in [5.41, 5.74) is -1.07. The number of nitrogens with one attached hydrogen (secondary N) is 1. The molecular weight excluding hydrogens is 339 g/mol. The van der Waals surface area contributed by atoms with Crippen LogP contribution in [0.3, 0.4) is 0 Å². The third-order valence-electron chi connectivity index (χ3n) is 2.61. The number of amides is 1. The van der Waals surface area contributed by atoms with Gasteiger partial charge in [0.25, 0.3) is 5.91 Å². The Morgan fingerprint density at radius 1 is 1.30 bits per heavy atom. The first kappa shape index (κ1) is 16.7. The Kier molecular flexibility index (Phi) is 5.33. The average Bonchev–Trinajstić information content (AvgIpc) is 2.34. The van der Waals surface area contributed by atoms with Crippen LogP contribution in [0.5, 0.6) is 0 Å². The Morgan fingerprint density at radius 2 is 1.90 bits per heavy atom. The third-order valence-corrected chi connectivity index (χ3v) is 3.30. The minimum Gasteiger partial charge on any atom is -0.345 e. The van der Waals surface area contributed by atoms with Gasteiger partial charge in [-0.25, -0.2) is 0 Å². The molecule has 0 radical (unpaired) electrons. The van der Waals surface area contributed by atoms with Crippen molar-refractivity contribution in [1.82, 2.24) is 5.32 Å². The van der Waals surface area contributed by atoms with E-state index in [-0.39, 0.29) is 28.3 Å². The van der Waals surface area contributed by atoms with Gasteiger partial charge in [0.1, 0.15) is 0 Å². The lowest BCUT2D eigenvalue weighted by atomic mass is 10.1. The maximum atomic E-state index is 12.6. The van der Waals surface area contributed by atoms with Gasteiger partial charge in [-0.1, -0.05) is 13.8 Å². The predicted octanol–water partition coefficient (Wildman–Crippen LogP) is 3.42. The molecule has 0 atom stereocenters. The van der Waals surface area contributed by atoms with Gasteiger partial charge in [-0.2, -0.15) is 13.2 Å². The van der Waals surface area contributed by atoms with Crippen LogP contribution in [0.25, 0.3) is 0 Å². The van der Waals surface area contributed by atoms with Gasteiger partial charge in [0.2, 0.25) is 0 Å². The number of alkyl halides is 3. The Hall–Kier alpha value is -1.37. The molecule has 0 aliphatic carbocycles. The van der Waals surface area contributed by atoms with Crippen molar-refractivity contribution >= 4 is 27.6 Å². The Morgan fingerprint density at radius 3 is 2.40 bits per heavy atom. The average molecular weight is 352 g/mol. The van der Waals surface area contributed by atoms with Crippen LogP contribution in [-0.4, -0.2) is 18.2 Å². The molecule has 0 saturated heterocycles. The number of carbonyl (C=O) groups is 2. The normalized spacial score (nSPS) is 11.6. The van der Waals surface area contributed by atoms with Crippen LogP contribution in [0, 0.1) is 5.92 Å². The van der Waals surface area contributed by atoms with Gasteiger partial charge in [0, 0.05) is 10.4 Å². The molecule has 0 aromatic heterocycles. The van der Waals surface area contributed by atoms with Crippen LogP contribution < -0.4 is 5.32 Å². The van der Waals surface area contributed by atoms with Crippen molar-refractivity contribution in [2.45, 2.75) is 20.0 Å². The molecule has 0 heterocycles. The van der Waals surface area contributed by atoms with Crippen molar-refractivity contribution in [3.05, 3.63) is 33.8 Å². The number of benzene rings is 1. The lowest BCUT2D eigenvalue weighted by molar-refractivity contribution is -0.137. The molecule has 110 valence electrons. The molecule has 1 amide bonds. The summed E-state index contributed by atoms with van der Waals surface area (Å²) in [6, 6.07) is 2.78. The second kappa shape index (κ2) is 6.39. The van der Waals surface area contributed by atoms with E-state index in [0.717, 1.165) is 18.2 Å². The Labute approximate surface area is 122 Å². The van der Waals surface area contributed by atoms with E-state index in [4.69, 9.17) is 0 Å². The van der Waals surface area contributed by atoms with E-state index >= 15 is 0 Å². The van der Waals surface area contributed by atoms with E-state index in [9.17, 15) is 22.8 Å². The highest BCUT2D eigenvalue weighted by atomic mass is 79.9. The van der Waals surface area contributed by atoms with E-state index in [1.807, 2.05) is 0 Å². The van der Waals surface area contributed by atoms with E-state index in [2.05, 4.69) is 21.2 Å². The van der Waals surface area contributed by atoms with Crippen molar-refractivity contribution in [3.8, 4) is 0 Å². The summed E-state index contributed by atoms with van der Waals surface area (Å²) in [4.78, 5) is 23.2. The summed E-state index contributed by atoms with van der Waals surface area (Å²) in [7, 11) is 0. The van der Waals surface area contributed by atoms with Gasteiger partial charge in [0.15, 0.2) is 5.78 Å². The lowest BCUT2D eigenvalue weighted by Gasteiger charge is -2.11. The van der Waals surface area contributed by atoms with Crippen molar-refractivity contribution in [2.24, 2.45) is 5.92 Å². The minimum absolute atomic E-state index is 0.156. The highest BCUT2D eigenvalue weighted by Crippen LogP contribution is 2.31. The van der Waals surface area contributed by atoms with E-state index < -0.39 is 17.6 Å². The molecule has 1 rings (SSSR count). The molecule has 1 aromatic carbocycles. The maximum absolute atomic E-state index is 12.6. The Balaban J connectivity index is 2.90. The molecule has 20 heavy (non-hydrogen) atoms. The van der Waals surface area contributed by atoms with E-state index in [1.54, 1.807) is 13.8 Å². The summed E-state index contributed by atoms with van der Waals surface area (Å²) in [5.74, 6) is -1.17. The van der Waals surface area contributed by atoms with Crippen LogP contribution in [0.15, 0.2) is 22.7 Å². The smallest absolute Gasteiger partial charge is 0.345 e. The van der Waals surface area contributed by atoms with Crippen molar-refractivity contribution in [3.63, 3.8) is 0 Å². The van der Waals surface area contributed by atoms with Gasteiger partial charge >= 0.3 is 6.18 Å². The van der Waals surface area contributed by atoms with Gasteiger partial charge < -0.3 is 5.32 Å². The van der Waals surface area contributed by atoms with Crippen molar-refractivity contribution in [2.75, 3.05) is 6.54 Å². The van der Waals surface area contributed by atoms with E-state index in [0.29, 0.717) is 0 Å². The first-order valence-corrected chi connectivity index (χ1v) is 6.60. The minimum atomic E-state index is -4.52. The zero-order chi connectivity index (χ0) is 15.5. The van der Waals surface area contributed by atoms with Crippen LogP contribution in [0.2, 0.25) is 0 Å². The molecule has 0 spiro atoms. The molecule has 0 aliphatic heterocycles. The van der Waals surface area contributed by atoms with Gasteiger partial charge in [-0.15, -0.1) is 0 Å². The maximum Gasteiger partial charge on any atom is 0.416 e. The molecule has 3 nitrogen and oxygen atoms in total. The first-order chi connectivity index (χ1) is 9.12. The zero-order valence-electron chi connectivity index (χ0n) is 10.8. The highest BCUT2D eigenvalue weighted by Gasteiger charge is 2.31. The molecule has 1 N–H and O–H groups in total. The number of ketones is 1. The molecule has 0 unspecified atom stereocenters. The molecule has 0 saturated carbocycles. The lowest BCUT2D eigenvalue weighted by Crippen LogP contribution is -2.31. The number of rotatable bonds is 4. The highest BCUT2D eigenvalue weighted by molar-refractivity contribution is 9.10. The predicted molar refractivity (Wildman–Crippen MR) is 71.3 cm³/mol. The standard InChI is InChI=1S/C13H13BrF3NO2/c1-7(2)11(19)6-18-12(20)9-5-8(13(15,16)17)3-4-10(9)14/h3-5,7H,6H2,1-2H3,(H,18,20). The fourth-order valence-corrected chi connectivity index (χ4v) is 1.77. The summed E-state index contributed by atoms with van der Waals surface area (Å²) in [5, 5.41) is 2.31. The van der Waals surface area contributed by atoms with Gasteiger partial charge in [-0.3, -0.25) is 9.59 Å². The topological polar surface area (TPSA) is 46.2 Å². The number of hydrogen-bond donors (Lipinski definition) is 1. The molecule has 0 fully saturated rings. The van der Waals surface area contributed by atoms with Crippen LogP contribution in [0.4, 0.5) is 13.2 Å². The molecule has 1 aromatic rings. The summed E-state index contributed by atoms with van der Waals surface area (Å²) in [6.45, 7) is 3.14. The second-order valence-corrected chi connectivity index (χ2v) is 5.35. The van der Waals surface area contributed by atoms with E-state index in [1.165, 1.54) is 0 Å². The first-order valence-electron chi connectivity index (χ1n) is 5.80. The van der Waals surface area contributed by atoms with Crippen LogP contribution in [-0.2, 0) is 11.0 Å². The summed E-state index contributed by atoms with van der Waals surface area (Å²) in [6.07, 6.45) is -4.52. The van der Waals surface area contributed by atoms with Gasteiger partial charge in [-0.05, 0) is 34.1 Å². The largest absolute Gasteiger partial charge is 0.416 e. The summed E-state index contributed by atoms with van der Waals surface area (Å²) < 4.78 is 38.0. The monoisotopic (exact) mass is 351 g/mol. The molecule has 0 aliphatic rings. The zero-order valence-corrected chi connectivity index (χ0v) is 12.4. The van der Waals surface area contributed by atoms with Crippen LogP contribution >= 0.6 is 15.9 Å². The number of halogens is 4. The number of carbonyl (C=O) groups excluding carboxylic acids is 2. The third kappa shape index (κ3) is 4.33. The van der Waals surface area contributed by atoms with Crippen molar-refractivity contribution < 1.29 is 22.8 Å². The quantitative estimate of drug-likeness (QED) is 0.903. The van der Waals surface area contributed by atoms with Crippen molar-refractivity contribution in [1.29, 1.82) is 0 Å². The van der Waals surface area contributed by atoms with Crippen LogP contribution in [0.1, 0.15) is 29.8 Å². The number of hydrogen-bond acceptors (Lipinski definition) is 2. The fourth-order valence-electron chi connectivity index (χ4n) is 1.34. The fraction of sp³-hybridized carbons (Fsp3) is 0.385. The second-order valence-electron chi connectivity index (χ2n) is 4.50.